The molecule has 0 spiro atoms. The second kappa shape index (κ2) is 8.44. The summed E-state index contributed by atoms with van der Waals surface area (Å²) in [5.41, 5.74) is 3.03. The van der Waals surface area contributed by atoms with E-state index in [1.54, 1.807) is 11.8 Å². The van der Waals surface area contributed by atoms with Gasteiger partial charge in [-0.25, -0.2) is 4.98 Å². The quantitative estimate of drug-likeness (QED) is 0.286. The van der Waals surface area contributed by atoms with Crippen LogP contribution in [0.4, 0.5) is 5.13 Å². The van der Waals surface area contributed by atoms with E-state index in [1.807, 2.05) is 48.5 Å². The Morgan fingerprint density at radius 3 is 2.67 bits per heavy atom. The Hall–Kier alpha value is -1.86. The third kappa shape index (κ3) is 4.71. The Labute approximate surface area is 175 Å². The highest BCUT2D eigenvalue weighted by Gasteiger charge is 2.09. The van der Waals surface area contributed by atoms with Gasteiger partial charge in [0.2, 0.25) is 5.13 Å². The van der Waals surface area contributed by atoms with Gasteiger partial charge in [0.15, 0.2) is 4.34 Å². The number of pyridine rings is 1. The van der Waals surface area contributed by atoms with Gasteiger partial charge in [0.1, 0.15) is 5.15 Å². The molecule has 2 aromatic carbocycles. The number of thioether (sulfide) groups is 1. The molecule has 0 fully saturated rings. The van der Waals surface area contributed by atoms with Crippen LogP contribution in [-0.4, -0.2) is 15.2 Å². The molecule has 0 bridgehead atoms. The SMILES string of the molecule is Clc1ccc(CNc2nnc(SCc3cc4ccccc4nc3Cl)s2)cc1. The van der Waals surface area contributed by atoms with Gasteiger partial charge >= 0.3 is 0 Å². The zero-order valence-corrected chi connectivity index (χ0v) is 17.2. The highest BCUT2D eigenvalue weighted by molar-refractivity contribution is 8.00. The maximum Gasteiger partial charge on any atom is 0.206 e. The minimum Gasteiger partial charge on any atom is -0.356 e. The van der Waals surface area contributed by atoms with Crippen molar-refractivity contribution >= 4 is 62.3 Å². The number of halogens is 2. The van der Waals surface area contributed by atoms with Crippen molar-refractivity contribution < 1.29 is 0 Å². The normalized spacial score (nSPS) is 11.0. The number of hydrogen-bond donors (Lipinski definition) is 1. The molecule has 0 saturated carbocycles. The van der Waals surface area contributed by atoms with E-state index in [4.69, 9.17) is 23.2 Å². The summed E-state index contributed by atoms with van der Waals surface area (Å²) in [6.45, 7) is 0.677. The van der Waals surface area contributed by atoms with Gasteiger partial charge in [0.25, 0.3) is 0 Å². The van der Waals surface area contributed by atoms with Crippen LogP contribution >= 0.6 is 46.3 Å². The van der Waals surface area contributed by atoms with Crippen molar-refractivity contribution in [1.29, 1.82) is 0 Å². The fourth-order valence-electron chi connectivity index (χ4n) is 2.50. The predicted molar refractivity (Wildman–Crippen MR) is 115 cm³/mol. The first kappa shape index (κ1) is 18.5. The summed E-state index contributed by atoms with van der Waals surface area (Å²) >= 11 is 15.4. The van der Waals surface area contributed by atoms with Crippen LogP contribution in [0.15, 0.2) is 58.9 Å². The number of rotatable bonds is 6. The molecule has 8 heteroatoms. The fraction of sp³-hybridized carbons (Fsp3) is 0.105. The van der Waals surface area contributed by atoms with Crippen LogP contribution < -0.4 is 5.32 Å². The third-order valence-electron chi connectivity index (χ3n) is 3.86. The van der Waals surface area contributed by atoms with Gasteiger partial charge in [-0.05, 0) is 29.8 Å². The second-order valence-corrected chi connectivity index (χ2v) is 8.77. The van der Waals surface area contributed by atoms with E-state index in [0.717, 1.165) is 36.5 Å². The van der Waals surface area contributed by atoms with Crippen molar-refractivity contribution in [2.75, 3.05) is 5.32 Å². The average Bonchev–Trinajstić information content (AvgIpc) is 3.14. The first-order valence-corrected chi connectivity index (χ1v) is 10.7. The molecule has 0 aliphatic heterocycles. The summed E-state index contributed by atoms with van der Waals surface area (Å²) in [7, 11) is 0. The maximum absolute atomic E-state index is 6.32. The van der Waals surface area contributed by atoms with Crippen LogP contribution in [0.25, 0.3) is 10.9 Å². The van der Waals surface area contributed by atoms with Crippen molar-refractivity contribution in [2.24, 2.45) is 0 Å². The molecule has 2 aromatic heterocycles. The molecule has 136 valence electrons. The van der Waals surface area contributed by atoms with Gasteiger partial charge < -0.3 is 5.32 Å². The second-order valence-electron chi connectivity index (χ2n) is 5.77. The lowest BCUT2D eigenvalue weighted by Crippen LogP contribution is -1.98. The van der Waals surface area contributed by atoms with Crippen molar-refractivity contribution in [1.82, 2.24) is 15.2 Å². The highest BCUT2D eigenvalue weighted by atomic mass is 35.5. The van der Waals surface area contributed by atoms with Crippen LogP contribution in [0.1, 0.15) is 11.1 Å². The Bertz CT molecular complexity index is 1070. The number of benzene rings is 2. The lowest BCUT2D eigenvalue weighted by atomic mass is 10.2. The van der Waals surface area contributed by atoms with Gasteiger partial charge in [-0.2, -0.15) is 0 Å². The predicted octanol–water partition coefficient (Wildman–Crippen LogP) is 6.30. The summed E-state index contributed by atoms with van der Waals surface area (Å²) in [5.74, 6) is 0.697. The topological polar surface area (TPSA) is 50.7 Å². The number of nitrogens with one attached hydrogen (secondary N) is 1. The van der Waals surface area contributed by atoms with Crippen molar-refractivity contribution in [3.63, 3.8) is 0 Å². The molecule has 0 atom stereocenters. The zero-order valence-electron chi connectivity index (χ0n) is 14.0. The first-order chi connectivity index (χ1) is 13.2. The number of hydrogen-bond acceptors (Lipinski definition) is 6. The molecule has 0 amide bonds. The summed E-state index contributed by atoms with van der Waals surface area (Å²) in [5, 5.41) is 14.9. The number of nitrogens with zero attached hydrogens (tertiary/aromatic N) is 3. The summed E-state index contributed by atoms with van der Waals surface area (Å²) in [4.78, 5) is 4.46. The molecular formula is C19H14Cl2N4S2. The smallest absolute Gasteiger partial charge is 0.206 e. The standard InChI is InChI=1S/C19H14Cl2N4S2/c20-15-7-5-12(6-8-15)10-22-18-24-25-19(27-18)26-11-14-9-13-3-1-2-4-16(13)23-17(14)21/h1-9H,10-11H2,(H,22,24). The molecule has 4 nitrogen and oxygen atoms in total. The van der Waals surface area contributed by atoms with Crippen LogP contribution in [0.3, 0.4) is 0 Å². The molecule has 0 aliphatic carbocycles. The molecule has 0 aliphatic rings. The minimum atomic E-state index is 0.534. The molecular weight excluding hydrogens is 419 g/mol. The molecule has 2 heterocycles. The van der Waals surface area contributed by atoms with E-state index in [2.05, 4.69) is 26.6 Å². The highest BCUT2D eigenvalue weighted by Crippen LogP contribution is 2.31. The van der Waals surface area contributed by atoms with Crippen LogP contribution in [0, 0.1) is 0 Å². The van der Waals surface area contributed by atoms with E-state index >= 15 is 0 Å². The number of fused-ring (bicyclic) bond motifs is 1. The van der Waals surface area contributed by atoms with Crippen molar-refractivity contribution in [2.45, 2.75) is 16.6 Å². The molecule has 0 unspecified atom stereocenters. The number of aromatic nitrogens is 3. The molecule has 4 aromatic rings. The van der Waals surface area contributed by atoms with Crippen molar-refractivity contribution in [3.05, 3.63) is 75.9 Å². The van der Waals surface area contributed by atoms with E-state index in [-0.39, 0.29) is 0 Å². The minimum absolute atomic E-state index is 0.534. The summed E-state index contributed by atoms with van der Waals surface area (Å²) in [6, 6.07) is 17.8. The van der Waals surface area contributed by atoms with E-state index in [1.165, 1.54) is 11.3 Å². The van der Waals surface area contributed by atoms with E-state index < -0.39 is 0 Å². The summed E-state index contributed by atoms with van der Waals surface area (Å²) < 4.78 is 0.887. The lowest BCUT2D eigenvalue weighted by molar-refractivity contribution is 0.995. The number of para-hydroxylation sites is 1. The Kier molecular flexibility index (Phi) is 5.78. The largest absolute Gasteiger partial charge is 0.356 e. The lowest BCUT2D eigenvalue weighted by Gasteiger charge is -2.04. The third-order valence-corrected chi connectivity index (χ3v) is 6.51. The van der Waals surface area contributed by atoms with Gasteiger partial charge in [0.05, 0.1) is 5.52 Å². The summed E-state index contributed by atoms with van der Waals surface area (Å²) in [6.07, 6.45) is 0. The molecule has 0 radical (unpaired) electrons. The van der Waals surface area contributed by atoms with Gasteiger partial charge in [-0.1, -0.05) is 76.6 Å². The van der Waals surface area contributed by atoms with Gasteiger partial charge in [-0.3, -0.25) is 0 Å². The van der Waals surface area contributed by atoms with Gasteiger partial charge in [0, 0.05) is 28.3 Å². The Morgan fingerprint density at radius 2 is 1.81 bits per heavy atom. The number of anilines is 1. The van der Waals surface area contributed by atoms with Crippen molar-refractivity contribution in [3.8, 4) is 0 Å². The first-order valence-electron chi connectivity index (χ1n) is 8.16. The Morgan fingerprint density at radius 1 is 1.00 bits per heavy atom. The van der Waals surface area contributed by atoms with Crippen LogP contribution in [-0.2, 0) is 12.3 Å². The molecule has 4 rings (SSSR count). The molecule has 27 heavy (non-hydrogen) atoms. The maximum atomic E-state index is 6.32. The Balaban J connectivity index is 1.38. The fourth-order valence-corrected chi connectivity index (χ4v) is 4.63. The van der Waals surface area contributed by atoms with Crippen LogP contribution in [0.5, 0.6) is 0 Å². The van der Waals surface area contributed by atoms with Crippen LogP contribution in [0.2, 0.25) is 10.2 Å². The molecule has 1 N–H and O–H groups in total. The van der Waals surface area contributed by atoms with E-state index in [9.17, 15) is 0 Å². The average molecular weight is 433 g/mol. The van der Waals surface area contributed by atoms with E-state index in [0.29, 0.717) is 17.5 Å². The van der Waals surface area contributed by atoms with Gasteiger partial charge in [-0.15, -0.1) is 10.2 Å². The monoisotopic (exact) mass is 432 g/mol. The zero-order chi connectivity index (χ0) is 18.6. The molecule has 0 saturated heterocycles.